The fourth-order valence-corrected chi connectivity index (χ4v) is 4.41. The highest BCUT2D eigenvalue weighted by atomic mass is 32.1. The van der Waals surface area contributed by atoms with Gasteiger partial charge in [0.15, 0.2) is 5.69 Å². The monoisotopic (exact) mass is 355 g/mol. The third-order valence-corrected chi connectivity index (χ3v) is 5.81. The van der Waals surface area contributed by atoms with Crippen LogP contribution in [0.5, 0.6) is 0 Å². The molecule has 0 aliphatic heterocycles. The molecule has 0 fully saturated rings. The minimum absolute atomic E-state index is 0.108. The maximum absolute atomic E-state index is 12.1. The average Bonchev–Trinajstić information content (AvgIpc) is 3.20. The van der Waals surface area contributed by atoms with Crippen molar-refractivity contribution < 1.29 is 4.79 Å². The van der Waals surface area contributed by atoms with Gasteiger partial charge in [-0.25, -0.2) is 4.98 Å². The van der Waals surface area contributed by atoms with Crippen LogP contribution in [0.4, 0.5) is 0 Å². The Morgan fingerprint density at radius 3 is 3.04 bits per heavy atom. The zero-order chi connectivity index (χ0) is 17.4. The van der Waals surface area contributed by atoms with Crippen LogP contribution in [0.25, 0.3) is 10.2 Å². The van der Waals surface area contributed by atoms with Gasteiger partial charge in [-0.3, -0.25) is 9.48 Å². The van der Waals surface area contributed by atoms with Crippen LogP contribution in [0.3, 0.4) is 0 Å². The Balaban J connectivity index is 1.48. The van der Waals surface area contributed by atoms with E-state index in [0.717, 1.165) is 41.9 Å². The van der Waals surface area contributed by atoms with Gasteiger partial charge >= 0.3 is 0 Å². The van der Waals surface area contributed by atoms with Gasteiger partial charge in [-0.2, -0.15) is 5.10 Å². The van der Waals surface area contributed by atoms with Crippen LogP contribution in [-0.4, -0.2) is 33.8 Å². The zero-order valence-corrected chi connectivity index (χ0v) is 15.2. The summed E-state index contributed by atoms with van der Waals surface area (Å²) in [6.07, 6.45) is 2.81. The second-order valence-electron chi connectivity index (χ2n) is 6.37. The number of benzene rings is 1. The number of para-hydroxylation sites is 1. The lowest BCUT2D eigenvalue weighted by Gasteiger charge is -2.23. The van der Waals surface area contributed by atoms with E-state index in [-0.39, 0.29) is 5.91 Å². The number of rotatable bonds is 4. The number of carbonyl (C=O) groups excluding carboxylic acids is 1. The molecular weight excluding hydrogens is 334 g/mol. The molecule has 130 valence electrons. The summed E-state index contributed by atoms with van der Waals surface area (Å²) in [6, 6.07) is 8.56. The van der Waals surface area contributed by atoms with Crippen molar-refractivity contribution in [3.05, 3.63) is 46.2 Å². The van der Waals surface area contributed by atoms with Crippen LogP contribution in [0.2, 0.25) is 0 Å². The fraction of sp³-hybridized carbons (Fsp3) is 0.389. The summed E-state index contributed by atoms with van der Waals surface area (Å²) in [4.78, 5) is 16.7. The van der Waals surface area contributed by atoms with E-state index < -0.39 is 0 Å². The molecule has 1 aromatic carbocycles. The van der Waals surface area contributed by atoms with Gasteiger partial charge in [0, 0.05) is 37.9 Å². The van der Waals surface area contributed by atoms with Gasteiger partial charge in [-0.05, 0) is 31.4 Å². The van der Waals surface area contributed by atoms with Gasteiger partial charge in [0.1, 0.15) is 5.01 Å². The molecule has 1 aliphatic carbocycles. The minimum atomic E-state index is -0.108. The summed E-state index contributed by atoms with van der Waals surface area (Å²) in [6.45, 7) is 0.759. The Bertz CT molecular complexity index is 896. The molecule has 0 saturated heterocycles. The van der Waals surface area contributed by atoms with Gasteiger partial charge in [0.2, 0.25) is 0 Å². The van der Waals surface area contributed by atoms with Crippen molar-refractivity contribution in [2.24, 2.45) is 7.05 Å². The molecule has 7 heteroatoms. The number of aryl methyl sites for hydroxylation is 1. The normalized spacial score (nSPS) is 16.8. The second kappa shape index (κ2) is 6.57. The lowest BCUT2D eigenvalue weighted by molar-refractivity contribution is 0.0956. The van der Waals surface area contributed by atoms with E-state index in [0.29, 0.717) is 11.7 Å². The first-order valence-corrected chi connectivity index (χ1v) is 9.32. The number of fused-ring (bicyclic) bond motifs is 2. The van der Waals surface area contributed by atoms with Crippen molar-refractivity contribution >= 4 is 27.5 Å². The summed E-state index contributed by atoms with van der Waals surface area (Å²) in [5.41, 5.74) is 3.88. The van der Waals surface area contributed by atoms with Crippen molar-refractivity contribution in [2.75, 3.05) is 7.05 Å². The molecule has 25 heavy (non-hydrogen) atoms. The number of hydrogen-bond donors (Lipinski definition) is 2. The number of carbonyl (C=O) groups is 1. The quantitative estimate of drug-likeness (QED) is 0.751. The number of hydrogen-bond acceptors (Lipinski definition) is 5. The summed E-state index contributed by atoms with van der Waals surface area (Å²) in [5, 5.41) is 11.8. The number of nitrogens with one attached hydrogen (secondary N) is 2. The van der Waals surface area contributed by atoms with E-state index in [1.165, 1.54) is 10.4 Å². The van der Waals surface area contributed by atoms with Crippen molar-refractivity contribution in [1.82, 2.24) is 25.4 Å². The first-order valence-electron chi connectivity index (χ1n) is 8.50. The molecule has 0 bridgehead atoms. The Morgan fingerprint density at radius 1 is 1.40 bits per heavy atom. The molecule has 2 N–H and O–H groups in total. The van der Waals surface area contributed by atoms with Crippen LogP contribution in [0, 0.1) is 0 Å². The van der Waals surface area contributed by atoms with Crippen LogP contribution in [-0.2, 0) is 26.4 Å². The number of amides is 1. The second-order valence-corrected chi connectivity index (χ2v) is 7.49. The van der Waals surface area contributed by atoms with E-state index in [4.69, 9.17) is 0 Å². The van der Waals surface area contributed by atoms with E-state index in [1.54, 1.807) is 18.4 Å². The molecule has 6 nitrogen and oxygen atoms in total. The summed E-state index contributed by atoms with van der Waals surface area (Å²) in [7, 11) is 3.56. The maximum Gasteiger partial charge on any atom is 0.271 e. The lowest BCUT2D eigenvalue weighted by atomic mass is 9.91. The zero-order valence-electron chi connectivity index (χ0n) is 14.4. The fourth-order valence-electron chi connectivity index (χ4n) is 3.49. The van der Waals surface area contributed by atoms with Gasteiger partial charge < -0.3 is 10.6 Å². The molecule has 2 aromatic heterocycles. The number of nitrogens with zero attached hydrogens (tertiary/aromatic N) is 3. The predicted octanol–water partition coefficient (Wildman–Crippen LogP) is 2.04. The van der Waals surface area contributed by atoms with Crippen molar-refractivity contribution in [3.8, 4) is 0 Å². The summed E-state index contributed by atoms with van der Waals surface area (Å²) >= 11 is 1.73. The average molecular weight is 355 g/mol. The Labute approximate surface area is 150 Å². The smallest absolute Gasteiger partial charge is 0.271 e. The standard InChI is InChI=1S/C18H21N5OS/c1-19-18(24)17-12-9-11(7-8-14(12)23(2)22-17)20-10-16-21-13-5-3-4-6-15(13)25-16/h3-6,11,20H,7-10H2,1-2H3,(H,19,24). The van der Waals surface area contributed by atoms with E-state index in [9.17, 15) is 4.79 Å². The van der Waals surface area contributed by atoms with Gasteiger partial charge in [-0.1, -0.05) is 12.1 Å². The highest BCUT2D eigenvalue weighted by molar-refractivity contribution is 7.18. The highest BCUT2D eigenvalue weighted by Crippen LogP contribution is 2.25. The van der Waals surface area contributed by atoms with Crippen LogP contribution < -0.4 is 10.6 Å². The molecule has 0 radical (unpaired) electrons. The SMILES string of the molecule is CNC(=O)c1nn(C)c2c1CC(NCc1nc3ccccc3s1)CC2. The minimum Gasteiger partial charge on any atom is -0.354 e. The first-order chi connectivity index (χ1) is 12.2. The highest BCUT2D eigenvalue weighted by Gasteiger charge is 2.27. The molecule has 1 unspecified atom stereocenters. The van der Waals surface area contributed by atoms with Gasteiger partial charge in [-0.15, -0.1) is 11.3 Å². The third-order valence-electron chi connectivity index (χ3n) is 4.78. The topological polar surface area (TPSA) is 71.8 Å². The summed E-state index contributed by atoms with van der Waals surface area (Å²) in [5.74, 6) is -0.108. The van der Waals surface area contributed by atoms with Crippen LogP contribution in [0.1, 0.15) is 33.2 Å². The van der Waals surface area contributed by atoms with E-state index in [2.05, 4.69) is 26.8 Å². The largest absolute Gasteiger partial charge is 0.354 e. The number of thiazole rings is 1. The van der Waals surface area contributed by atoms with E-state index in [1.807, 2.05) is 29.9 Å². The summed E-state index contributed by atoms with van der Waals surface area (Å²) < 4.78 is 3.07. The molecular formula is C18H21N5OS. The third kappa shape index (κ3) is 3.05. The van der Waals surface area contributed by atoms with Gasteiger partial charge in [0.05, 0.1) is 10.2 Å². The molecule has 0 saturated carbocycles. The Morgan fingerprint density at radius 2 is 2.24 bits per heavy atom. The molecule has 1 amide bonds. The molecule has 0 spiro atoms. The molecule has 1 aliphatic rings. The Kier molecular flexibility index (Phi) is 4.27. The van der Waals surface area contributed by atoms with Crippen molar-refractivity contribution in [1.29, 1.82) is 0 Å². The molecule has 2 heterocycles. The van der Waals surface area contributed by atoms with Crippen LogP contribution in [0.15, 0.2) is 24.3 Å². The predicted molar refractivity (Wildman–Crippen MR) is 98.9 cm³/mol. The molecule has 3 aromatic rings. The van der Waals surface area contributed by atoms with E-state index >= 15 is 0 Å². The Hall–Kier alpha value is -2.25. The lowest BCUT2D eigenvalue weighted by Crippen LogP contribution is -2.35. The van der Waals surface area contributed by atoms with Crippen LogP contribution >= 0.6 is 11.3 Å². The van der Waals surface area contributed by atoms with Gasteiger partial charge in [0.25, 0.3) is 5.91 Å². The maximum atomic E-state index is 12.1. The molecule has 1 atom stereocenters. The van der Waals surface area contributed by atoms with Crippen molar-refractivity contribution in [2.45, 2.75) is 31.8 Å². The number of aromatic nitrogens is 3. The first kappa shape index (κ1) is 16.2. The van der Waals surface area contributed by atoms with Crippen molar-refractivity contribution in [3.63, 3.8) is 0 Å². The molecule has 4 rings (SSSR count).